The van der Waals surface area contributed by atoms with Crippen molar-refractivity contribution < 1.29 is 9.15 Å². The van der Waals surface area contributed by atoms with Gasteiger partial charge < -0.3 is 14.1 Å². The van der Waals surface area contributed by atoms with Gasteiger partial charge >= 0.3 is 0 Å². The smallest absolute Gasteiger partial charge is 0.197 e. The van der Waals surface area contributed by atoms with E-state index in [4.69, 9.17) is 21.4 Å². The van der Waals surface area contributed by atoms with E-state index >= 15 is 0 Å². The number of ether oxygens (including phenoxy) is 1. The fourth-order valence-corrected chi connectivity index (χ4v) is 3.15. The Bertz CT molecular complexity index is 881. The number of hydrogen-bond donors (Lipinski definition) is 0. The Hall–Kier alpha value is -2.07. The summed E-state index contributed by atoms with van der Waals surface area (Å²) in [5.74, 6) is 1.61. The van der Waals surface area contributed by atoms with Gasteiger partial charge in [0.1, 0.15) is 11.3 Å². The van der Waals surface area contributed by atoms with Gasteiger partial charge in [-0.1, -0.05) is 36.5 Å². The molecule has 0 bridgehead atoms. The highest BCUT2D eigenvalue weighted by atomic mass is 32.1. The summed E-state index contributed by atoms with van der Waals surface area (Å²) >= 11 is 5.64. The van der Waals surface area contributed by atoms with E-state index in [1.54, 1.807) is 7.11 Å². The van der Waals surface area contributed by atoms with Gasteiger partial charge in [-0.25, -0.2) is 0 Å². The van der Waals surface area contributed by atoms with Crippen LogP contribution in [0.4, 0.5) is 5.88 Å². The number of rotatable bonds is 4. The third-order valence-corrected chi connectivity index (χ3v) is 4.30. The van der Waals surface area contributed by atoms with Crippen LogP contribution >= 0.6 is 12.2 Å². The lowest BCUT2D eigenvalue weighted by molar-refractivity contribution is 0.419. The van der Waals surface area contributed by atoms with Crippen LogP contribution in [-0.4, -0.2) is 20.2 Å². The predicted octanol–water partition coefficient (Wildman–Crippen LogP) is 5.17. The Labute approximate surface area is 135 Å². The maximum absolute atomic E-state index is 6.12. The van der Waals surface area contributed by atoms with Crippen molar-refractivity contribution in [3.8, 4) is 5.75 Å². The molecule has 2 aromatic carbocycles. The number of benzene rings is 2. The maximum atomic E-state index is 6.12. The molecular weight excluding hydrogens is 294 g/mol. The van der Waals surface area contributed by atoms with Crippen LogP contribution < -0.4 is 9.64 Å². The van der Waals surface area contributed by atoms with Gasteiger partial charge in [-0.3, -0.25) is 0 Å². The summed E-state index contributed by atoms with van der Waals surface area (Å²) in [7, 11) is 1.68. The Balaban J connectivity index is 2.40. The Morgan fingerprint density at radius 2 is 1.77 bits per heavy atom. The number of methoxy groups -OCH3 is 1. The molecule has 22 heavy (non-hydrogen) atoms. The minimum atomic E-state index is 0.768. The first-order chi connectivity index (χ1) is 10.7. The monoisotopic (exact) mass is 313 g/mol. The van der Waals surface area contributed by atoms with Crippen molar-refractivity contribution >= 4 is 39.8 Å². The molecule has 3 aromatic rings. The van der Waals surface area contributed by atoms with Gasteiger partial charge in [-0.05, 0) is 19.2 Å². The molecule has 0 fully saturated rings. The zero-order valence-corrected chi connectivity index (χ0v) is 13.9. The minimum absolute atomic E-state index is 0.768. The molecule has 0 saturated carbocycles. The molecule has 0 radical (unpaired) electrons. The highest BCUT2D eigenvalue weighted by molar-refractivity contribution is 7.71. The van der Waals surface area contributed by atoms with E-state index < -0.39 is 0 Å². The second kappa shape index (κ2) is 5.97. The molecule has 0 saturated heterocycles. The first kappa shape index (κ1) is 14.9. The maximum Gasteiger partial charge on any atom is 0.197 e. The number of fused-ring (bicyclic) bond motifs is 3. The van der Waals surface area contributed by atoms with Crippen LogP contribution in [0.15, 0.2) is 40.8 Å². The first-order valence-corrected chi connectivity index (χ1v) is 7.89. The van der Waals surface area contributed by atoms with Crippen molar-refractivity contribution in [2.75, 3.05) is 25.1 Å². The first-order valence-electron chi connectivity index (χ1n) is 7.48. The van der Waals surface area contributed by atoms with Gasteiger partial charge in [0.25, 0.3) is 0 Å². The number of nitrogens with zero attached hydrogens (tertiary/aromatic N) is 1. The number of hydrogen-bond acceptors (Lipinski definition) is 4. The summed E-state index contributed by atoms with van der Waals surface area (Å²) in [4.78, 5) is 2.15. The van der Waals surface area contributed by atoms with Crippen LogP contribution in [0.5, 0.6) is 5.75 Å². The molecule has 4 heteroatoms. The number of anilines is 1. The highest BCUT2D eigenvalue weighted by Gasteiger charge is 2.13. The van der Waals surface area contributed by atoms with Crippen LogP contribution in [0.2, 0.25) is 0 Å². The van der Waals surface area contributed by atoms with Crippen molar-refractivity contribution in [1.29, 1.82) is 0 Å². The molecule has 0 unspecified atom stereocenters. The van der Waals surface area contributed by atoms with Gasteiger partial charge in [0, 0.05) is 36.0 Å². The van der Waals surface area contributed by atoms with Gasteiger partial charge in [0.15, 0.2) is 5.88 Å². The molecule has 0 N–H and O–H groups in total. The van der Waals surface area contributed by atoms with E-state index in [0.717, 1.165) is 51.0 Å². The normalized spacial score (nSPS) is 11.0. The van der Waals surface area contributed by atoms with Crippen molar-refractivity contribution in [1.82, 2.24) is 0 Å². The van der Waals surface area contributed by atoms with Crippen LogP contribution in [0.1, 0.15) is 13.8 Å². The molecule has 0 spiro atoms. The second-order valence-corrected chi connectivity index (χ2v) is 5.56. The Morgan fingerprint density at radius 1 is 1.09 bits per heavy atom. The average molecular weight is 313 g/mol. The summed E-state index contributed by atoms with van der Waals surface area (Å²) in [6.07, 6.45) is 0. The molecule has 114 valence electrons. The molecular formula is C18H19NO2S. The molecule has 0 aliphatic rings. The van der Waals surface area contributed by atoms with Crippen molar-refractivity contribution in [2.24, 2.45) is 0 Å². The zero-order chi connectivity index (χ0) is 15.7. The quantitative estimate of drug-likeness (QED) is 0.490. The molecule has 3 nitrogen and oxygen atoms in total. The van der Waals surface area contributed by atoms with Crippen molar-refractivity contribution in [2.45, 2.75) is 13.8 Å². The SMILES string of the molecule is CCN(CC)c1cc(=S)c2c(cc(OC)c3ccccc32)o1. The van der Waals surface area contributed by atoms with E-state index in [2.05, 4.69) is 24.8 Å². The van der Waals surface area contributed by atoms with Gasteiger partial charge in [0.05, 0.1) is 11.6 Å². The predicted molar refractivity (Wildman–Crippen MR) is 94.7 cm³/mol. The fraction of sp³-hybridized carbons (Fsp3) is 0.278. The zero-order valence-electron chi connectivity index (χ0n) is 13.1. The van der Waals surface area contributed by atoms with E-state index in [-0.39, 0.29) is 0 Å². The van der Waals surface area contributed by atoms with Crippen molar-refractivity contribution in [3.05, 3.63) is 40.9 Å². The molecule has 1 heterocycles. The summed E-state index contributed by atoms with van der Waals surface area (Å²) in [5.41, 5.74) is 0.768. The topological polar surface area (TPSA) is 25.6 Å². The largest absolute Gasteiger partial charge is 0.496 e. The average Bonchev–Trinajstić information content (AvgIpc) is 2.54. The van der Waals surface area contributed by atoms with E-state index in [9.17, 15) is 0 Å². The molecule has 0 aliphatic heterocycles. The van der Waals surface area contributed by atoms with Crippen LogP contribution in [-0.2, 0) is 0 Å². The van der Waals surface area contributed by atoms with Gasteiger partial charge in [-0.2, -0.15) is 0 Å². The lowest BCUT2D eigenvalue weighted by Crippen LogP contribution is -2.21. The molecule has 0 atom stereocenters. The van der Waals surface area contributed by atoms with E-state index in [1.807, 2.05) is 30.3 Å². The van der Waals surface area contributed by atoms with E-state index in [0.29, 0.717) is 0 Å². The molecule has 1 aromatic heterocycles. The van der Waals surface area contributed by atoms with E-state index in [1.165, 1.54) is 0 Å². The summed E-state index contributed by atoms with van der Waals surface area (Å²) < 4.78 is 12.4. The lowest BCUT2D eigenvalue weighted by atomic mass is 10.0. The lowest BCUT2D eigenvalue weighted by Gasteiger charge is -2.20. The van der Waals surface area contributed by atoms with Crippen molar-refractivity contribution in [3.63, 3.8) is 0 Å². The van der Waals surface area contributed by atoms with Gasteiger partial charge in [-0.15, -0.1) is 0 Å². The summed E-state index contributed by atoms with van der Waals surface area (Å²) in [6.45, 7) is 5.97. The minimum Gasteiger partial charge on any atom is -0.496 e. The highest BCUT2D eigenvalue weighted by Crippen LogP contribution is 2.36. The third kappa shape index (κ3) is 2.33. The van der Waals surface area contributed by atoms with Crippen LogP contribution in [0.3, 0.4) is 0 Å². The molecule has 0 amide bonds. The summed E-state index contributed by atoms with van der Waals surface area (Å²) in [5, 5.41) is 3.09. The third-order valence-electron chi connectivity index (χ3n) is 3.98. The van der Waals surface area contributed by atoms with Crippen LogP contribution in [0.25, 0.3) is 21.7 Å². The van der Waals surface area contributed by atoms with Crippen LogP contribution in [0, 0.1) is 4.51 Å². The van der Waals surface area contributed by atoms with Gasteiger partial charge in [0.2, 0.25) is 0 Å². The summed E-state index contributed by atoms with van der Waals surface area (Å²) in [6, 6.07) is 12.0. The molecule has 3 rings (SSSR count). The second-order valence-electron chi connectivity index (χ2n) is 5.12. The molecule has 0 aliphatic carbocycles. The Kier molecular flexibility index (Phi) is 4.03. The fourth-order valence-electron chi connectivity index (χ4n) is 2.84. The standard InChI is InChI=1S/C18H19NO2S/c1-4-19(5-2)17-11-16(22)18-13-9-7-6-8-12(13)14(20-3)10-15(18)21-17/h6-11H,4-5H2,1-3H3. The Morgan fingerprint density at radius 3 is 2.41 bits per heavy atom.